The first kappa shape index (κ1) is 16.2. The van der Waals surface area contributed by atoms with Crippen LogP contribution in [0.2, 0.25) is 18.1 Å². The molecule has 3 atom stereocenters. The van der Waals surface area contributed by atoms with Gasteiger partial charge in [0, 0.05) is 0 Å². The smallest absolute Gasteiger partial charge is 0.192 e. The lowest BCUT2D eigenvalue weighted by molar-refractivity contribution is -0.153. The summed E-state index contributed by atoms with van der Waals surface area (Å²) in [6, 6.07) is 0. The molecule has 0 aromatic heterocycles. The number of rotatable bonds is 3. The predicted octanol–water partition coefficient (Wildman–Crippen LogP) is 2.83. The summed E-state index contributed by atoms with van der Waals surface area (Å²) in [6.45, 7) is 15.3. The highest BCUT2D eigenvalue weighted by Gasteiger charge is 2.49. The molecule has 2 rings (SSSR count). The molecule has 2 aliphatic rings. The highest BCUT2D eigenvalue weighted by Crippen LogP contribution is 2.40. The van der Waals surface area contributed by atoms with Gasteiger partial charge in [0.2, 0.25) is 0 Å². The zero-order valence-electron chi connectivity index (χ0n) is 13.7. The van der Waals surface area contributed by atoms with Crippen molar-refractivity contribution < 1.29 is 19.0 Å². The summed E-state index contributed by atoms with van der Waals surface area (Å²) < 4.78 is 17.7. The average Bonchev–Trinajstić information content (AvgIpc) is 2.69. The topological polar surface area (TPSA) is 47.9 Å². The van der Waals surface area contributed by atoms with Gasteiger partial charge in [0.15, 0.2) is 14.1 Å². The van der Waals surface area contributed by atoms with E-state index in [0.29, 0.717) is 6.61 Å². The van der Waals surface area contributed by atoms with Crippen LogP contribution in [-0.2, 0) is 13.9 Å². The van der Waals surface area contributed by atoms with E-state index in [2.05, 4.69) is 33.9 Å². The van der Waals surface area contributed by atoms with Crippen LogP contribution < -0.4 is 0 Å². The molecule has 0 saturated carbocycles. The van der Waals surface area contributed by atoms with E-state index in [9.17, 15) is 5.11 Å². The molecular weight excluding hydrogens is 272 g/mol. The van der Waals surface area contributed by atoms with Gasteiger partial charge in [-0.05, 0) is 43.6 Å². The Bertz CT molecular complexity index is 409. The number of hydrogen-bond donors (Lipinski definition) is 1. The summed E-state index contributed by atoms with van der Waals surface area (Å²) >= 11 is 0. The second-order valence-corrected chi connectivity index (χ2v) is 12.6. The average molecular weight is 300 g/mol. The van der Waals surface area contributed by atoms with Crippen molar-refractivity contribution in [2.45, 2.75) is 76.8 Å². The maximum atomic E-state index is 10.4. The third-order valence-electron chi connectivity index (χ3n) is 4.64. The van der Waals surface area contributed by atoms with Crippen LogP contribution in [0, 0.1) is 0 Å². The van der Waals surface area contributed by atoms with E-state index >= 15 is 0 Å². The molecule has 1 aliphatic carbocycles. The highest BCUT2D eigenvalue weighted by molar-refractivity contribution is 6.74. The number of hydrogen-bond acceptors (Lipinski definition) is 4. The van der Waals surface area contributed by atoms with E-state index in [-0.39, 0.29) is 17.2 Å². The minimum Gasteiger partial charge on any atom is -0.413 e. The number of aliphatic hydroxyl groups is 1. The standard InChI is InChI=1S/C15H28O4Si/c1-14(2,3)20(6,7)17-9-10-8-11-13(12(10)16)19-15(4,5)18-11/h8,11-13,16H,9H2,1-7H3. The van der Waals surface area contributed by atoms with Gasteiger partial charge in [0.05, 0.1) is 6.61 Å². The molecule has 1 heterocycles. The normalized spacial score (nSPS) is 33.2. The molecule has 0 bridgehead atoms. The second-order valence-electron chi connectivity index (χ2n) is 7.80. The van der Waals surface area contributed by atoms with E-state index in [1.54, 1.807) is 0 Å². The van der Waals surface area contributed by atoms with Gasteiger partial charge in [-0.3, -0.25) is 0 Å². The molecule has 1 saturated heterocycles. The van der Waals surface area contributed by atoms with Crippen molar-refractivity contribution in [2.24, 2.45) is 0 Å². The van der Waals surface area contributed by atoms with Gasteiger partial charge in [-0.25, -0.2) is 0 Å². The predicted molar refractivity (Wildman–Crippen MR) is 81.1 cm³/mol. The zero-order valence-corrected chi connectivity index (χ0v) is 14.7. The molecule has 0 amide bonds. The molecule has 1 aliphatic heterocycles. The van der Waals surface area contributed by atoms with Gasteiger partial charge in [0.1, 0.15) is 18.3 Å². The molecule has 0 aromatic rings. The summed E-state index contributed by atoms with van der Waals surface area (Å²) in [5, 5.41) is 10.5. The van der Waals surface area contributed by atoms with E-state index in [0.717, 1.165) is 5.57 Å². The molecule has 1 fully saturated rings. The largest absolute Gasteiger partial charge is 0.413 e. The number of fused-ring (bicyclic) bond motifs is 1. The van der Waals surface area contributed by atoms with Crippen molar-refractivity contribution in [1.82, 2.24) is 0 Å². The van der Waals surface area contributed by atoms with Gasteiger partial charge in [-0.2, -0.15) is 0 Å². The van der Waals surface area contributed by atoms with E-state index in [1.807, 2.05) is 19.9 Å². The van der Waals surface area contributed by atoms with Crippen LogP contribution in [0.15, 0.2) is 11.6 Å². The maximum absolute atomic E-state index is 10.4. The van der Waals surface area contributed by atoms with Crippen LogP contribution in [0.25, 0.3) is 0 Å². The van der Waals surface area contributed by atoms with Gasteiger partial charge in [-0.15, -0.1) is 0 Å². The zero-order chi connectivity index (χ0) is 15.3. The van der Waals surface area contributed by atoms with Gasteiger partial charge in [0.25, 0.3) is 0 Å². The minimum atomic E-state index is -1.80. The van der Waals surface area contributed by atoms with Crippen LogP contribution in [-0.4, -0.2) is 44.1 Å². The molecule has 0 radical (unpaired) electrons. The Balaban J connectivity index is 1.99. The van der Waals surface area contributed by atoms with E-state index in [4.69, 9.17) is 13.9 Å². The molecule has 3 unspecified atom stereocenters. The van der Waals surface area contributed by atoms with Crippen molar-refractivity contribution in [3.05, 3.63) is 11.6 Å². The fourth-order valence-electron chi connectivity index (χ4n) is 2.32. The maximum Gasteiger partial charge on any atom is 0.192 e. The third-order valence-corrected chi connectivity index (χ3v) is 9.12. The first-order chi connectivity index (χ1) is 8.93. The summed E-state index contributed by atoms with van der Waals surface area (Å²) in [4.78, 5) is 0. The Kier molecular flexibility index (Phi) is 3.98. The number of ether oxygens (including phenoxy) is 2. The van der Waals surface area contributed by atoms with Crippen molar-refractivity contribution in [1.29, 1.82) is 0 Å². The monoisotopic (exact) mass is 300 g/mol. The lowest BCUT2D eigenvalue weighted by atomic mass is 10.1. The van der Waals surface area contributed by atoms with Crippen molar-refractivity contribution in [3.8, 4) is 0 Å². The van der Waals surface area contributed by atoms with Crippen LogP contribution >= 0.6 is 0 Å². The van der Waals surface area contributed by atoms with Crippen molar-refractivity contribution in [2.75, 3.05) is 6.61 Å². The first-order valence-electron chi connectivity index (χ1n) is 7.31. The highest BCUT2D eigenvalue weighted by atomic mass is 28.4. The van der Waals surface area contributed by atoms with E-state index in [1.165, 1.54) is 0 Å². The SMILES string of the molecule is CC1(C)OC2C=C(CO[Si](C)(C)C(C)(C)C)C(O)C2O1. The van der Waals surface area contributed by atoms with Crippen LogP contribution in [0.3, 0.4) is 0 Å². The third kappa shape index (κ3) is 3.02. The molecule has 116 valence electrons. The Morgan fingerprint density at radius 3 is 2.40 bits per heavy atom. The van der Waals surface area contributed by atoms with Crippen molar-refractivity contribution >= 4 is 8.32 Å². The van der Waals surface area contributed by atoms with Crippen LogP contribution in [0.4, 0.5) is 0 Å². The lowest BCUT2D eigenvalue weighted by Crippen LogP contribution is -2.42. The first-order valence-corrected chi connectivity index (χ1v) is 10.2. The number of aliphatic hydroxyl groups excluding tert-OH is 1. The summed E-state index contributed by atoms with van der Waals surface area (Å²) in [5.41, 5.74) is 0.889. The van der Waals surface area contributed by atoms with Gasteiger partial charge >= 0.3 is 0 Å². The second kappa shape index (κ2) is 4.92. The molecule has 0 spiro atoms. The molecule has 4 nitrogen and oxygen atoms in total. The van der Waals surface area contributed by atoms with Crippen LogP contribution in [0.1, 0.15) is 34.6 Å². The fraction of sp³-hybridized carbons (Fsp3) is 0.867. The fourth-order valence-corrected chi connectivity index (χ4v) is 3.29. The molecule has 5 heteroatoms. The Morgan fingerprint density at radius 2 is 1.90 bits per heavy atom. The van der Waals surface area contributed by atoms with Gasteiger partial charge in [-0.1, -0.05) is 20.8 Å². The molecule has 1 N–H and O–H groups in total. The minimum absolute atomic E-state index is 0.155. The Hall–Kier alpha value is -0.203. The summed E-state index contributed by atoms with van der Waals surface area (Å²) in [5.74, 6) is -0.612. The Labute approximate surface area is 123 Å². The lowest BCUT2D eigenvalue weighted by Gasteiger charge is -2.36. The van der Waals surface area contributed by atoms with Crippen molar-refractivity contribution in [3.63, 3.8) is 0 Å². The molecule has 0 aromatic carbocycles. The summed E-state index contributed by atoms with van der Waals surface area (Å²) in [7, 11) is -1.80. The van der Waals surface area contributed by atoms with Gasteiger partial charge < -0.3 is 19.0 Å². The summed E-state index contributed by atoms with van der Waals surface area (Å²) in [6.07, 6.45) is 0.907. The Morgan fingerprint density at radius 1 is 1.30 bits per heavy atom. The molecular formula is C15H28O4Si. The van der Waals surface area contributed by atoms with Crippen LogP contribution in [0.5, 0.6) is 0 Å². The molecule has 20 heavy (non-hydrogen) atoms. The quantitative estimate of drug-likeness (QED) is 0.643. The van der Waals surface area contributed by atoms with E-state index < -0.39 is 20.2 Å².